The van der Waals surface area contributed by atoms with Crippen molar-refractivity contribution in [2.45, 2.75) is 0 Å². The number of benzene rings is 5. The third-order valence-electron chi connectivity index (χ3n) is 6.67. The topological polar surface area (TPSA) is 68.8 Å². The van der Waals surface area contributed by atoms with E-state index in [4.69, 9.17) is 17.9 Å². The maximum atomic E-state index is 9.72. The summed E-state index contributed by atoms with van der Waals surface area (Å²) in [5.41, 5.74) is 6.80. The Hall–Kier alpha value is -6.34. The number of nitriles is 2. The van der Waals surface area contributed by atoms with E-state index in [-0.39, 0.29) is 0 Å². The number of hydrogen-bond acceptors (Lipinski definition) is 4. The molecular formula is C34H17N5O. The van der Waals surface area contributed by atoms with Gasteiger partial charge in [0.2, 0.25) is 0 Å². The molecule has 0 aromatic heterocycles. The zero-order valence-electron chi connectivity index (χ0n) is 21.0. The van der Waals surface area contributed by atoms with Gasteiger partial charge in [-0.3, -0.25) is 0 Å². The van der Waals surface area contributed by atoms with Crippen LogP contribution in [0.5, 0.6) is 11.5 Å². The Morgan fingerprint density at radius 3 is 1.52 bits per heavy atom. The van der Waals surface area contributed by atoms with Gasteiger partial charge >= 0.3 is 0 Å². The molecule has 1 aliphatic rings. The fourth-order valence-electron chi connectivity index (χ4n) is 4.99. The van der Waals surface area contributed by atoms with E-state index < -0.39 is 0 Å². The molecule has 0 unspecified atom stereocenters. The Kier molecular flexibility index (Phi) is 5.91. The standard InChI is InChI=1S/C34H17N5O/c1-37-26-16-22(20-35)14-24(18-26)28-8-7-9-29(25-15-23(21-36)17-27(19-25)38-2)34(28)39-30-10-3-5-12-32(30)40-33-13-6-4-11-31(33)39/h3-19H. The van der Waals surface area contributed by atoms with Crippen LogP contribution < -0.4 is 9.64 Å². The molecule has 5 aromatic carbocycles. The highest BCUT2D eigenvalue weighted by Crippen LogP contribution is 2.55. The highest BCUT2D eigenvalue weighted by molar-refractivity contribution is 6.01. The quantitative estimate of drug-likeness (QED) is 0.222. The van der Waals surface area contributed by atoms with Crippen molar-refractivity contribution >= 4 is 28.4 Å². The molecule has 0 atom stereocenters. The van der Waals surface area contributed by atoms with E-state index in [2.05, 4.69) is 26.7 Å². The van der Waals surface area contributed by atoms with Gasteiger partial charge < -0.3 is 9.64 Å². The van der Waals surface area contributed by atoms with Crippen molar-refractivity contribution in [3.63, 3.8) is 0 Å². The number of para-hydroxylation sites is 5. The molecule has 6 nitrogen and oxygen atoms in total. The van der Waals surface area contributed by atoms with Gasteiger partial charge in [-0.25, -0.2) is 9.69 Å². The van der Waals surface area contributed by atoms with Crippen molar-refractivity contribution in [3.05, 3.63) is 137 Å². The van der Waals surface area contributed by atoms with Gasteiger partial charge in [0.25, 0.3) is 0 Å². The molecule has 5 aromatic rings. The molecule has 0 bridgehead atoms. The smallest absolute Gasteiger partial charge is 0.189 e. The summed E-state index contributed by atoms with van der Waals surface area (Å²) in [6.45, 7) is 15.2. The van der Waals surface area contributed by atoms with Crippen LogP contribution >= 0.6 is 0 Å². The summed E-state index contributed by atoms with van der Waals surface area (Å²) in [4.78, 5) is 9.31. The maximum Gasteiger partial charge on any atom is 0.189 e. The van der Waals surface area contributed by atoms with Crippen molar-refractivity contribution in [1.29, 1.82) is 10.5 Å². The van der Waals surface area contributed by atoms with Crippen LogP contribution in [0, 0.1) is 35.8 Å². The normalized spacial score (nSPS) is 11.1. The predicted molar refractivity (Wildman–Crippen MR) is 154 cm³/mol. The molecule has 6 heteroatoms. The number of ether oxygens (including phenoxy) is 1. The molecule has 0 saturated carbocycles. The van der Waals surface area contributed by atoms with Gasteiger partial charge in [0.05, 0.1) is 42.3 Å². The third kappa shape index (κ3) is 4.06. The molecule has 40 heavy (non-hydrogen) atoms. The molecule has 6 rings (SSSR count). The van der Waals surface area contributed by atoms with Gasteiger partial charge in [0.1, 0.15) is 0 Å². The lowest BCUT2D eigenvalue weighted by Crippen LogP contribution is -2.17. The molecule has 0 aliphatic carbocycles. The minimum atomic E-state index is 0.356. The Labute approximate surface area is 231 Å². The molecule has 1 heterocycles. The summed E-state index contributed by atoms with van der Waals surface area (Å²) < 4.78 is 6.26. The monoisotopic (exact) mass is 511 g/mol. The first kappa shape index (κ1) is 24.0. The van der Waals surface area contributed by atoms with Crippen LogP contribution in [0.4, 0.5) is 28.4 Å². The first-order valence-electron chi connectivity index (χ1n) is 12.3. The number of hydrogen-bond donors (Lipinski definition) is 0. The van der Waals surface area contributed by atoms with Gasteiger partial charge in [-0.15, -0.1) is 0 Å². The first-order valence-corrected chi connectivity index (χ1v) is 12.3. The van der Waals surface area contributed by atoms with Crippen LogP contribution in [0.3, 0.4) is 0 Å². The summed E-state index contributed by atoms with van der Waals surface area (Å²) in [6, 6.07) is 35.8. The number of rotatable bonds is 3. The van der Waals surface area contributed by atoms with Gasteiger partial charge in [0, 0.05) is 22.3 Å². The van der Waals surface area contributed by atoms with Crippen molar-refractivity contribution in [1.82, 2.24) is 0 Å². The summed E-state index contributed by atoms with van der Waals surface area (Å²) in [7, 11) is 0. The molecule has 1 aliphatic heterocycles. The molecule has 0 amide bonds. The molecule has 0 saturated heterocycles. The predicted octanol–water partition coefficient (Wildman–Crippen LogP) is 9.44. The largest absolute Gasteiger partial charge is 0.453 e. The molecule has 184 valence electrons. The molecule has 0 spiro atoms. The maximum absolute atomic E-state index is 9.72. The van der Waals surface area contributed by atoms with E-state index in [0.717, 1.165) is 28.2 Å². The Morgan fingerprint density at radius 1 is 0.600 bits per heavy atom. The molecular weight excluding hydrogens is 494 g/mol. The highest BCUT2D eigenvalue weighted by atomic mass is 16.5. The lowest BCUT2D eigenvalue weighted by Gasteiger charge is -2.35. The van der Waals surface area contributed by atoms with E-state index in [1.165, 1.54) is 0 Å². The zero-order chi connectivity index (χ0) is 27.6. The Bertz CT molecular complexity index is 1800. The van der Waals surface area contributed by atoms with Crippen molar-refractivity contribution in [2.75, 3.05) is 4.90 Å². The minimum Gasteiger partial charge on any atom is -0.453 e. The lowest BCUT2D eigenvalue weighted by atomic mass is 9.92. The second-order valence-corrected chi connectivity index (χ2v) is 9.06. The summed E-state index contributed by atoms with van der Waals surface area (Å²) >= 11 is 0. The summed E-state index contributed by atoms with van der Waals surface area (Å²) in [6.07, 6.45) is 0. The second-order valence-electron chi connectivity index (χ2n) is 9.06. The van der Waals surface area contributed by atoms with Gasteiger partial charge in [0.15, 0.2) is 22.9 Å². The van der Waals surface area contributed by atoms with Crippen LogP contribution in [0.1, 0.15) is 11.1 Å². The van der Waals surface area contributed by atoms with E-state index in [1.807, 2.05) is 66.7 Å². The second kappa shape index (κ2) is 9.85. The molecule has 0 radical (unpaired) electrons. The molecule has 0 N–H and O–H groups in total. The molecule has 0 fully saturated rings. The summed E-state index contributed by atoms with van der Waals surface area (Å²) in [5.74, 6) is 1.34. The third-order valence-corrected chi connectivity index (χ3v) is 6.67. The SMILES string of the molecule is [C-]#[N+]c1cc(C#N)cc(-c2cccc(-c3cc(C#N)cc([N+]#[C-])c3)c2N2c3ccccc3Oc3ccccc32)c1. The fourth-order valence-corrected chi connectivity index (χ4v) is 4.99. The summed E-state index contributed by atoms with van der Waals surface area (Å²) in [5, 5.41) is 19.4. The van der Waals surface area contributed by atoms with Crippen LogP contribution in [-0.4, -0.2) is 0 Å². The van der Waals surface area contributed by atoms with Crippen molar-refractivity contribution in [3.8, 4) is 45.9 Å². The van der Waals surface area contributed by atoms with E-state index in [9.17, 15) is 10.5 Å². The van der Waals surface area contributed by atoms with Crippen LogP contribution in [0.25, 0.3) is 31.9 Å². The van der Waals surface area contributed by atoms with Crippen LogP contribution in [0.15, 0.2) is 103 Å². The first-order chi connectivity index (χ1) is 19.6. The Morgan fingerprint density at radius 2 is 1.07 bits per heavy atom. The average Bonchev–Trinajstić information content (AvgIpc) is 3.02. The number of fused-ring (bicyclic) bond motifs is 2. The fraction of sp³-hybridized carbons (Fsp3) is 0. The van der Waals surface area contributed by atoms with Crippen molar-refractivity contribution < 1.29 is 4.74 Å². The minimum absolute atomic E-state index is 0.356. The van der Waals surface area contributed by atoms with Crippen LogP contribution in [-0.2, 0) is 0 Å². The van der Waals surface area contributed by atoms with Crippen LogP contribution in [0.2, 0.25) is 0 Å². The number of anilines is 3. The van der Waals surface area contributed by atoms with Gasteiger partial charge in [-0.1, -0.05) is 42.5 Å². The number of nitrogens with zero attached hydrogens (tertiary/aromatic N) is 5. The van der Waals surface area contributed by atoms with E-state index in [0.29, 0.717) is 45.1 Å². The van der Waals surface area contributed by atoms with E-state index in [1.54, 1.807) is 36.4 Å². The highest BCUT2D eigenvalue weighted by Gasteiger charge is 2.29. The van der Waals surface area contributed by atoms with E-state index >= 15 is 0 Å². The van der Waals surface area contributed by atoms with Gasteiger partial charge in [-0.05, 0) is 71.8 Å². The average molecular weight is 512 g/mol. The van der Waals surface area contributed by atoms with Crippen molar-refractivity contribution in [2.24, 2.45) is 0 Å². The Balaban J connectivity index is 1.75. The zero-order valence-corrected chi connectivity index (χ0v) is 21.0. The van der Waals surface area contributed by atoms with Gasteiger partial charge in [-0.2, -0.15) is 10.5 Å². The lowest BCUT2D eigenvalue weighted by molar-refractivity contribution is 0.477.